The first kappa shape index (κ1) is 21.1. The van der Waals surface area contributed by atoms with Crippen molar-refractivity contribution in [3.8, 4) is 0 Å². The summed E-state index contributed by atoms with van der Waals surface area (Å²) in [7, 11) is -1.48. The van der Waals surface area contributed by atoms with Gasteiger partial charge in [-0.2, -0.15) is 0 Å². The third-order valence-electron chi connectivity index (χ3n) is 4.24. The van der Waals surface area contributed by atoms with Crippen molar-refractivity contribution in [3.05, 3.63) is 65.2 Å². The van der Waals surface area contributed by atoms with Gasteiger partial charge in [0.1, 0.15) is 12.4 Å². The van der Waals surface area contributed by atoms with E-state index in [1.54, 1.807) is 0 Å². The van der Waals surface area contributed by atoms with E-state index in [4.69, 9.17) is 4.74 Å². The molecule has 0 aliphatic carbocycles. The monoisotopic (exact) mass is 389 g/mol. The number of ether oxygens (including phenoxy) is 1. The van der Waals surface area contributed by atoms with Crippen LogP contribution in [0.15, 0.2) is 48.5 Å². The lowest BCUT2D eigenvalue weighted by atomic mass is 10.1. The molecule has 146 valence electrons. The van der Waals surface area contributed by atoms with E-state index in [1.165, 1.54) is 13.4 Å². The van der Waals surface area contributed by atoms with Gasteiger partial charge < -0.3 is 14.8 Å². The molecule has 0 amide bonds. The van der Waals surface area contributed by atoms with Crippen LogP contribution >= 0.6 is 0 Å². The van der Waals surface area contributed by atoms with E-state index < -0.39 is 15.9 Å². The first-order chi connectivity index (χ1) is 12.9. The van der Waals surface area contributed by atoms with Gasteiger partial charge >= 0.3 is 0 Å². The molecule has 0 radical (unpaired) electrons. The number of hydrogen-bond acceptors (Lipinski definition) is 5. The van der Waals surface area contributed by atoms with Crippen LogP contribution < -0.4 is 5.32 Å². The third kappa shape index (κ3) is 7.93. The number of sulfone groups is 1. The average molecular weight is 390 g/mol. The number of carbonyl (C=O) groups excluding carboxylic acids is 1. The van der Waals surface area contributed by atoms with Crippen LogP contribution in [0, 0.1) is 0 Å². The Bertz CT molecular complexity index is 832. The Balaban J connectivity index is 1.78. The van der Waals surface area contributed by atoms with Gasteiger partial charge in [-0.15, -0.1) is 0 Å². The maximum absolute atomic E-state index is 11.4. The second-order valence-electron chi connectivity index (χ2n) is 6.73. The van der Waals surface area contributed by atoms with Gasteiger partial charge in [-0.05, 0) is 41.7 Å². The lowest BCUT2D eigenvalue weighted by molar-refractivity contribution is -0.116. The highest BCUT2D eigenvalue weighted by molar-refractivity contribution is 7.89. The van der Waals surface area contributed by atoms with Gasteiger partial charge in [0.15, 0.2) is 9.84 Å². The topological polar surface area (TPSA) is 72.5 Å². The highest BCUT2D eigenvalue weighted by Crippen LogP contribution is 2.13. The molecular formula is C21H27NO4S. The molecule has 0 spiro atoms. The van der Waals surface area contributed by atoms with E-state index in [2.05, 4.69) is 5.32 Å². The van der Waals surface area contributed by atoms with Crippen molar-refractivity contribution < 1.29 is 17.9 Å². The normalized spacial score (nSPS) is 12.5. The Morgan fingerprint density at radius 2 is 1.78 bits per heavy atom. The fourth-order valence-electron chi connectivity index (χ4n) is 2.88. The van der Waals surface area contributed by atoms with Crippen LogP contribution in [0.25, 0.3) is 0 Å². The standard InChI is InChI=1S/C21H27NO4S/c1-26-21(15-23)14-18-8-10-20(11-9-18)22-12-4-7-17-5-3-6-19(13-17)16-27(2,24)25/h3,5-6,8-11,13,15,21-22H,4,7,12,14,16H2,1-2H3/t21-/m0/s1. The van der Waals surface area contributed by atoms with E-state index in [0.717, 1.165) is 48.1 Å². The summed E-state index contributed by atoms with van der Waals surface area (Å²) in [5.41, 5.74) is 4.07. The highest BCUT2D eigenvalue weighted by Gasteiger charge is 2.07. The van der Waals surface area contributed by atoms with E-state index in [1.807, 2.05) is 48.5 Å². The maximum Gasteiger partial charge on any atom is 0.151 e. The zero-order valence-electron chi connectivity index (χ0n) is 15.9. The molecule has 0 bridgehead atoms. The number of anilines is 1. The first-order valence-electron chi connectivity index (χ1n) is 8.96. The number of rotatable bonds is 11. The van der Waals surface area contributed by atoms with E-state index in [9.17, 15) is 13.2 Å². The minimum atomic E-state index is -3.01. The molecule has 1 atom stereocenters. The third-order valence-corrected chi connectivity index (χ3v) is 5.09. The number of carbonyl (C=O) groups is 1. The molecule has 2 aromatic rings. The second-order valence-corrected chi connectivity index (χ2v) is 8.87. The zero-order chi connectivity index (χ0) is 19.7. The van der Waals surface area contributed by atoms with Gasteiger partial charge in [0.25, 0.3) is 0 Å². The van der Waals surface area contributed by atoms with E-state index >= 15 is 0 Å². The van der Waals surface area contributed by atoms with Crippen LogP contribution in [0.2, 0.25) is 0 Å². The van der Waals surface area contributed by atoms with Crippen molar-refractivity contribution in [1.29, 1.82) is 0 Å². The molecule has 6 heteroatoms. The molecule has 0 fully saturated rings. The minimum Gasteiger partial charge on any atom is -0.385 e. The first-order valence-corrected chi connectivity index (χ1v) is 11.0. The van der Waals surface area contributed by atoms with E-state index in [0.29, 0.717) is 6.42 Å². The van der Waals surface area contributed by atoms with Gasteiger partial charge in [-0.3, -0.25) is 0 Å². The van der Waals surface area contributed by atoms with Crippen LogP contribution in [-0.4, -0.2) is 40.7 Å². The second kappa shape index (κ2) is 10.2. The molecular weight excluding hydrogens is 362 g/mol. The molecule has 0 aliphatic heterocycles. The summed E-state index contributed by atoms with van der Waals surface area (Å²) >= 11 is 0. The largest absolute Gasteiger partial charge is 0.385 e. The Morgan fingerprint density at radius 3 is 2.41 bits per heavy atom. The predicted molar refractivity (Wildman–Crippen MR) is 109 cm³/mol. The quantitative estimate of drug-likeness (QED) is 0.472. The van der Waals surface area contributed by atoms with Crippen molar-refractivity contribution >= 4 is 21.8 Å². The summed E-state index contributed by atoms with van der Waals surface area (Å²) in [6.07, 6.45) is 4.07. The Kier molecular flexibility index (Phi) is 8.00. The van der Waals surface area contributed by atoms with Crippen LogP contribution in [-0.2, 0) is 38.0 Å². The van der Waals surface area contributed by atoms with E-state index in [-0.39, 0.29) is 5.75 Å². The maximum atomic E-state index is 11.4. The lowest BCUT2D eigenvalue weighted by Gasteiger charge is -2.10. The molecule has 5 nitrogen and oxygen atoms in total. The molecule has 2 aromatic carbocycles. The molecule has 1 N–H and O–H groups in total. The smallest absolute Gasteiger partial charge is 0.151 e. The van der Waals surface area contributed by atoms with Gasteiger partial charge in [-0.25, -0.2) is 8.42 Å². The molecule has 0 saturated carbocycles. The van der Waals surface area contributed by atoms with Crippen LogP contribution in [0.1, 0.15) is 23.1 Å². The highest BCUT2D eigenvalue weighted by atomic mass is 32.2. The van der Waals surface area contributed by atoms with Gasteiger partial charge in [0.2, 0.25) is 0 Å². The van der Waals surface area contributed by atoms with Gasteiger partial charge in [0.05, 0.1) is 5.75 Å². The minimum absolute atomic E-state index is 0.0828. The Hall–Kier alpha value is -2.18. The van der Waals surface area contributed by atoms with Crippen molar-refractivity contribution in [2.24, 2.45) is 0 Å². The summed E-state index contributed by atoms with van der Waals surface area (Å²) in [4.78, 5) is 10.8. The number of methoxy groups -OCH3 is 1. The summed E-state index contributed by atoms with van der Waals surface area (Å²) in [5, 5.41) is 3.38. The number of nitrogens with one attached hydrogen (secondary N) is 1. The molecule has 0 unspecified atom stereocenters. The lowest BCUT2D eigenvalue weighted by Crippen LogP contribution is -2.15. The summed E-state index contributed by atoms with van der Waals surface area (Å²) in [5.74, 6) is 0.0828. The fraction of sp³-hybridized carbons (Fsp3) is 0.381. The zero-order valence-corrected chi connectivity index (χ0v) is 16.7. The number of hydrogen-bond donors (Lipinski definition) is 1. The van der Waals surface area contributed by atoms with Gasteiger partial charge in [0, 0.05) is 32.0 Å². The van der Waals surface area contributed by atoms with Crippen LogP contribution in [0.3, 0.4) is 0 Å². The molecule has 0 aromatic heterocycles. The Labute approximate surface area is 161 Å². The fourth-order valence-corrected chi connectivity index (χ4v) is 3.67. The molecule has 2 rings (SSSR count). The number of aryl methyl sites for hydroxylation is 1. The van der Waals surface area contributed by atoms with Crippen molar-refractivity contribution in [2.75, 3.05) is 25.2 Å². The molecule has 0 aliphatic rings. The Morgan fingerprint density at radius 1 is 1.07 bits per heavy atom. The summed E-state index contributed by atoms with van der Waals surface area (Å²) in [6.45, 7) is 0.824. The predicted octanol–water partition coefficient (Wildman–Crippen LogP) is 3.03. The summed E-state index contributed by atoms with van der Waals surface area (Å²) < 4.78 is 27.9. The van der Waals surface area contributed by atoms with Gasteiger partial charge in [-0.1, -0.05) is 36.4 Å². The molecule has 0 saturated heterocycles. The number of benzene rings is 2. The molecule has 0 heterocycles. The number of aldehydes is 1. The van der Waals surface area contributed by atoms with Crippen LogP contribution in [0.5, 0.6) is 0 Å². The van der Waals surface area contributed by atoms with Crippen molar-refractivity contribution in [3.63, 3.8) is 0 Å². The van der Waals surface area contributed by atoms with Crippen molar-refractivity contribution in [1.82, 2.24) is 0 Å². The van der Waals surface area contributed by atoms with Crippen molar-refractivity contribution in [2.45, 2.75) is 31.1 Å². The van der Waals surface area contributed by atoms with Crippen LogP contribution in [0.4, 0.5) is 5.69 Å². The average Bonchev–Trinajstić information content (AvgIpc) is 2.63. The summed E-state index contributed by atoms with van der Waals surface area (Å²) in [6, 6.07) is 15.7. The SMILES string of the molecule is CO[C@H](C=O)Cc1ccc(NCCCc2cccc(CS(C)(=O)=O)c2)cc1. The molecule has 27 heavy (non-hydrogen) atoms.